The van der Waals surface area contributed by atoms with Crippen LogP contribution in [0.25, 0.3) is 10.9 Å². The van der Waals surface area contributed by atoms with Crippen molar-refractivity contribution in [2.75, 3.05) is 11.5 Å². The maximum absolute atomic E-state index is 12.1. The molecule has 1 fully saturated rings. The lowest BCUT2D eigenvalue weighted by Gasteiger charge is -2.09. The smallest absolute Gasteiger partial charge is 0.268 e. The lowest BCUT2D eigenvalue weighted by atomic mass is 10.1. The number of aromatic nitrogens is 1. The highest BCUT2D eigenvalue weighted by Crippen LogP contribution is 2.39. The number of benzene rings is 1. The van der Waals surface area contributed by atoms with Crippen molar-refractivity contribution in [2.45, 2.75) is 26.8 Å². The molecule has 1 saturated heterocycles. The van der Waals surface area contributed by atoms with Crippen LogP contribution in [-0.4, -0.2) is 35.5 Å². The molecule has 0 radical (unpaired) electrons. The maximum atomic E-state index is 12.1. The molecule has 8 heteroatoms. The molecule has 1 amide bonds. The molecular weight excluding hydrogens is 342 g/mol. The van der Waals surface area contributed by atoms with Gasteiger partial charge in [0.1, 0.15) is 0 Å². The van der Waals surface area contributed by atoms with Gasteiger partial charge in [-0.25, -0.2) is 8.42 Å². The molecule has 1 aromatic carbocycles. The Morgan fingerprint density at radius 3 is 2.72 bits per heavy atom. The van der Waals surface area contributed by atoms with Crippen molar-refractivity contribution in [1.29, 1.82) is 0 Å². The molecule has 134 valence electrons. The van der Waals surface area contributed by atoms with Crippen molar-refractivity contribution in [3.8, 4) is 5.88 Å². The summed E-state index contributed by atoms with van der Waals surface area (Å²) in [6.07, 6.45) is 0.279. The summed E-state index contributed by atoms with van der Waals surface area (Å²) in [5.41, 5.74) is 1.06. The predicted molar refractivity (Wildman–Crippen MR) is 94.7 cm³/mol. The van der Waals surface area contributed by atoms with E-state index in [1.807, 2.05) is 38.1 Å². The van der Waals surface area contributed by atoms with E-state index in [-0.39, 0.29) is 29.5 Å². The minimum atomic E-state index is -3.15. The van der Waals surface area contributed by atoms with E-state index in [2.05, 4.69) is 10.2 Å². The molecular formula is C17H21N3O4S. The summed E-state index contributed by atoms with van der Waals surface area (Å²) < 4.78 is 24.7. The van der Waals surface area contributed by atoms with Crippen LogP contribution in [0.5, 0.6) is 5.88 Å². The van der Waals surface area contributed by atoms with Gasteiger partial charge in [0.25, 0.3) is 5.91 Å². The van der Waals surface area contributed by atoms with E-state index >= 15 is 0 Å². The normalized spacial score (nSPS) is 20.0. The van der Waals surface area contributed by atoms with Gasteiger partial charge in [0, 0.05) is 11.9 Å². The number of nitrogens with zero attached hydrogens (tertiary/aromatic N) is 3. The zero-order valence-electron chi connectivity index (χ0n) is 14.2. The molecule has 2 aromatic rings. The lowest BCUT2D eigenvalue weighted by molar-refractivity contribution is -0.121. The molecule has 1 aliphatic rings. The van der Waals surface area contributed by atoms with Gasteiger partial charge in [0.05, 0.1) is 22.9 Å². The molecule has 1 N–H and O–H groups in total. The lowest BCUT2D eigenvalue weighted by Crippen LogP contribution is -2.13. The summed E-state index contributed by atoms with van der Waals surface area (Å²) in [6.45, 7) is 4.69. The zero-order chi connectivity index (χ0) is 18.2. The van der Waals surface area contributed by atoms with Crippen LogP contribution in [-0.2, 0) is 21.2 Å². The summed E-state index contributed by atoms with van der Waals surface area (Å²) in [5.74, 6) is -1.08. The van der Waals surface area contributed by atoms with E-state index < -0.39 is 21.7 Å². The van der Waals surface area contributed by atoms with Gasteiger partial charge in [-0.3, -0.25) is 4.79 Å². The molecule has 1 atom stereocenters. The monoisotopic (exact) mass is 363 g/mol. The molecule has 0 spiro atoms. The number of sulfone groups is 1. The van der Waals surface area contributed by atoms with Crippen LogP contribution < -0.4 is 0 Å². The summed E-state index contributed by atoms with van der Waals surface area (Å²) >= 11 is 0. The van der Waals surface area contributed by atoms with Crippen molar-refractivity contribution < 1.29 is 18.3 Å². The van der Waals surface area contributed by atoms with Gasteiger partial charge in [-0.05, 0) is 18.4 Å². The molecule has 7 nitrogen and oxygen atoms in total. The van der Waals surface area contributed by atoms with Gasteiger partial charge in [-0.15, -0.1) is 10.2 Å². The SMILES string of the molecule is CC(C)Cn1c(O)c(N=NC(=O)[C@@H]2CCS(=O)(=O)C2)c2ccccc21. The highest BCUT2D eigenvalue weighted by molar-refractivity contribution is 7.91. The first kappa shape index (κ1) is 17.6. The Hall–Kier alpha value is -2.22. The molecule has 1 aliphatic heterocycles. The minimum Gasteiger partial charge on any atom is -0.493 e. The average Bonchev–Trinajstić information content (AvgIpc) is 3.04. The molecule has 3 rings (SSSR count). The third-order valence-electron chi connectivity index (χ3n) is 4.30. The third kappa shape index (κ3) is 3.58. The Labute approximate surface area is 146 Å². The number of hydrogen-bond donors (Lipinski definition) is 1. The standard InChI is InChI=1S/C17H21N3O4S/c1-11(2)9-20-14-6-4-3-5-13(14)15(17(20)22)18-19-16(21)12-7-8-25(23,24)10-12/h3-6,11-12,22H,7-10H2,1-2H3/t12-/m1/s1. The second-order valence-corrected chi connectivity index (χ2v) is 9.06. The molecule has 0 aliphatic carbocycles. The first-order valence-corrected chi connectivity index (χ1v) is 10.1. The molecule has 25 heavy (non-hydrogen) atoms. The number of fused-ring (bicyclic) bond motifs is 1. The Bertz CT molecular complexity index is 944. The fourth-order valence-corrected chi connectivity index (χ4v) is 4.82. The summed E-state index contributed by atoms with van der Waals surface area (Å²) in [7, 11) is -3.15. The van der Waals surface area contributed by atoms with Gasteiger partial charge in [-0.1, -0.05) is 32.0 Å². The number of para-hydroxylation sites is 1. The van der Waals surface area contributed by atoms with Crippen LogP contribution in [0, 0.1) is 11.8 Å². The van der Waals surface area contributed by atoms with Gasteiger partial charge in [-0.2, -0.15) is 0 Å². The Kier molecular flexibility index (Phi) is 4.64. The second kappa shape index (κ2) is 6.59. The van der Waals surface area contributed by atoms with Crippen LogP contribution in [0.2, 0.25) is 0 Å². The summed E-state index contributed by atoms with van der Waals surface area (Å²) in [6, 6.07) is 7.38. The van der Waals surface area contributed by atoms with Crippen LogP contribution in [0.1, 0.15) is 20.3 Å². The van der Waals surface area contributed by atoms with Crippen LogP contribution in [0.4, 0.5) is 5.69 Å². The Morgan fingerprint density at radius 1 is 1.36 bits per heavy atom. The van der Waals surface area contributed by atoms with Gasteiger partial charge in [0.15, 0.2) is 15.5 Å². The van der Waals surface area contributed by atoms with Crippen molar-refractivity contribution in [3.63, 3.8) is 0 Å². The van der Waals surface area contributed by atoms with E-state index in [0.29, 0.717) is 17.8 Å². The molecule has 0 bridgehead atoms. The first-order chi connectivity index (χ1) is 11.8. The van der Waals surface area contributed by atoms with Crippen LogP contribution in [0.3, 0.4) is 0 Å². The third-order valence-corrected chi connectivity index (χ3v) is 6.06. The van der Waals surface area contributed by atoms with Crippen LogP contribution >= 0.6 is 0 Å². The fourth-order valence-electron chi connectivity index (χ4n) is 3.09. The van der Waals surface area contributed by atoms with Gasteiger partial charge < -0.3 is 9.67 Å². The highest BCUT2D eigenvalue weighted by Gasteiger charge is 2.33. The molecule has 0 unspecified atom stereocenters. The van der Waals surface area contributed by atoms with E-state index in [4.69, 9.17) is 0 Å². The minimum absolute atomic E-state index is 0.0118. The number of amides is 1. The van der Waals surface area contributed by atoms with E-state index in [1.165, 1.54) is 0 Å². The number of carbonyl (C=O) groups is 1. The fraction of sp³-hybridized carbons (Fsp3) is 0.471. The van der Waals surface area contributed by atoms with Crippen LogP contribution in [0.15, 0.2) is 34.5 Å². The maximum Gasteiger partial charge on any atom is 0.268 e. The molecule has 2 heterocycles. The van der Waals surface area contributed by atoms with Crippen molar-refractivity contribution in [2.24, 2.45) is 22.1 Å². The Balaban J connectivity index is 1.93. The molecule has 0 saturated carbocycles. The van der Waals surface area contributed by atoms with Crippen molar-refractivity contribution in [1.82, 2.24) is 4.57 Å². The first-order valence-electron chi connectivity index (χ1n) is 8.24. The zero-order valence-corrected chi connectivity index (χ0v) is 15.0. The number of aromatic hydroxyl groups is 1. The van der Waals surface area contributed by atoms with E-state index in [9.17, 15) is 18.3 Å². The van der Waals surface area contributed by atoms with E-state index in [1.54, 1.807) is 4.57 Å². The Morgan fingerprint density at radius 2 is 2.08 bits per heavy atom. The van der Waals surface area contributed by atoms with Gasteiger partial charge in [0.2, 0.25) is 5.88 Å². The predicted octanol–water partition coefficient (Wildman–Crippen LogP) is 3.05. The van der Waals surface area contributed by atoms with Crippen molar-refractivity contribution >= 4 is 32.3 Å². The highest BCUT2D eigenvalue weighted by atomic mass is 32.2. The van der Waals surface area contributed by atoms with Gasteiger partial charge >= 0.3 is 0 Å². The topological polar surface area (TPSA) is 101 Å². The largest absolute Gasteiger partial charge is 0.493 e. The average molecular weight is 363 g/mol. The van der Waals surface area contributed by atoms with Crippen molar-refractivity contribution in [3.05, 3.63) is 24.3 Å². The number of azo groups is 1. The van der Waals surface area contributed by atoms with E-state index in [0.717, 1.165) is 5.52 Å². The summed E-state index contributed by atoms with van der Waals surface area (Å²) in [5, 5.41) is 18.9. The number of carbonyl (C=O) groups excluding carboxylic acids is 1. The number of rotatable bonds is 4. The quantitative estimate of drug-likeness (QED) is 0.844. The molecule has 1 aromatic heterocycles. The number of hydrogen-bond acceptors (Lipinski definition) is 5. The summed E-state index contributed by atoms with van der Waals surface area (Å²) in [4.78, 5) is 12.1. The second-order valence-electron chi connectivity index (χ2n) is 6.83.